The first-order valence-electron chi connectivity index (χ1n) is 6.39. The van der Waals surface area contributed by atoms with Crippen molar-refractivity contribution in [3.8, 4) is 0 Å². The maximum absolute atomic E-state index is 12.1. The van der Waals surface area contributed by atoms with Gasteiger partial charge in [0.2, 0.25) is 5.91 Å². The second-order valence-corrected chi connectivity index (χ2v) is 5.92. The predicted octanol–water partition coefficient (Wildman–Crippen LogP) is 2.61. The fraction of sp³-hybridized carbons (Fsp3) is 0.500. The van der Waals surface area contributed by atoms with Gasteiger partial charge >= 0.3 is 0 Å². The van der Waals surface area contributed by atoms with Crippen LogP contribution in [-0.2, 0) is 9.53 Å². The monoisotopic (exact) mass is 263 g/mol. The number of benzene rings is 1. The molecule has 0 aromatic heterocycles. The second kappa shape index (κ2) is 4.94. The molecule has 3 rings (SSSR count). The number of anilines is 1. The van der Waals surface area contributed by atoms with Crippen LogP contribution in [0.1, 0.15) is 18.4 Å². The maximum Gasteiger partial charge on any atom is 0.237 e. The average molecular weight is 263 g/mol. The summed E-state index contributed by atoms with van der Waals surface area (Å²) in [6.45, 7) is 3.62. The topological polar surface area (TPSA) is 29.5 Å². The smallest absolute Gasteiger partial charge is 0.237 e. The van der Waals surface area contributed by atoms with Crippen LogP contribution >= 0.6 is 11.8 Å². The maximum atomic E-state index is 12.1. The molecule has 2 aliphatic rings. The Kier molecular flexibility index (Phi) is 3.31. The van der Waals surface area contributed by atoms with Crippen LogP contribution < -0.4 is 4.90 Å². The van der Waals surface area contributed by atoms with Gasteiger partial charge < -0.3 is 9.64 Å². The third-order valence-electron chi connectivity index (χ3n) is 3.47. The fourth-order valence-electron chi connectivity index (χ4n) is 2.50. The lowest BCUT2D eigenvalue weighted by molar-refractivity contribution is -0.116. The first kappa shape index (κ1) is 12.1. The largest absolute Gasteiger partial charge is 0.376 e. The van der Waals surface area contributed by atoms with E-state index in [2.05, 4.69) is 25.1 Å². The van der Waals surface area contributed by atoms with Crippen molar-refractivity contribution < 1.29 is 9.53 Å². The molecule has 1 fully saturated rings. The molecule has 1 aromatic carbocycles. The summed E-state index contributed by atoms with van der Waals surface area (Å²) in [6, 6.07) is 6.29. The molecule has 0 radical (unpaired) electrons. The Balaban J connectivity index is 1.86. The summed E-state index contributed by atoms with van der Waals surface area (Å²) in [5.74, 6) is 0.746. The number of aryl methyl sites for hydroxylation is 1. The van der Waals surface area contributed by atoms with Gasteiger partial charge in [-0.25, -0.2) is 0 Å². The summed E-state index contributed by atoms with van der Waals surface area (Å²) in [4.78, 5) is 15.2. The van der Waals surface area contributed by atoms with Crippen LogP contribution in [0.2, 0.25) is 0 Å². The summed E-state index contributed by atoms with van der Waals surface area (Å²) < 4.78 is 5.64. The molecule has 1 aromatic rings. The standard InChI is InChI=1S/C14H17NO2S/c1-10-4-5-12-13(7-10)18-9-14(16)15(12)8-11-3-2-6-17-11/h4-5,7,11H,2-3,6,8-9H2,1H3. The van der Waals surface area contributed by atoms with Gasteiger partial charge in [0.25, 0.3) is 0 Å². The minimum Gasteiger partial charge on any atom is -0.376 e. The number of rotatable bonds is 2. The molecule has 0 saturated carbocycles. The highest BCUT2D eigenvalue weighted by atomic mass is 32.2. The fourth-order valence-corrected chi connectivity index (χ4v) is 3.53. The molecule has 2 heterocycles. The van der Waals surface area contributed by atoms with Gasteiger partial charge in [0.1, 0.15) is 0 Å². The van der Waals surface area contributed by atoms with E-state index in [1.165, 1.54) is 10.5 Å². The van der Waals surface area contributed by atoms with Crippen LogP contribution in [0.3, 0.4) is 0 Å². The van der Waals surface area contributed by atoms with Crippen molar-refractivity contribution in [3.63, 3.8) is 0 Å². The van der Waals surface area contributed by atoms with Crippen LogP contribution in [0.15, 0.2) is 23.1 Å². The number of nitrogens with zero attached hydrogens (tertiary/aromatic N) is 1. The van der Waals surface area contributed by atoms with Crippen LogP contribution in [0.4, 0.5) is 5.69 Å². The lowest BCUT2D eigenvalue weighted by Gasteiger charge is -2.31. The minimum atomic E-state index is 0.201. The molecule has 1 unspecified atom stereocenters. The molecule has 0 bridgehead atoms. The van der Waals surface area contributed by atoms with Gasteiger partial charge in [-0.3, -0.25) is 4.79 Å². The van der Waals surface area contributed by atoms with E-state index in [0.717, 1.165) is 25.1 Å². The number of fused-ring (bicyclic) bond motifs is 1. The zero-order valence-electron chi connectivity index (χ0n) is 10.5. The van der Waals surface area contributed by atoms with E-state index < -0.39 is 0 Å². The molecule has 0 spiro atoms. The predicted molar refractivity (Wildman–Crippen MR) is 73.2 cm³/mol. The molecular weight excluding hydrogens is 246 g/mol. The molecule has 0 aliphatic carbocycles. The number of hydrogen-bond acceptors (Lipinski definition) is 3. The Bertz CT molecular complexity index is 469. The van der Waals surface area contributed by atoms with Crippen molar-refractivity contribution in [3.05, 3.63) is 23.8 Å². The minimum absolute atomic E-state index is 0.201. The van der Waals surface area contributed by atoms with Crippen molar-refractivity contribution in [2.75, 3.05) is 23.8 Å². The molecule has 1 amide bonds. The Morgan fingerprint density at radius 2 is 2.39 bits per heavy atom. The van der Waals surface area contributed by atoms with E-state index in [1.807, 2.05) is 4.90 Å². The summed E-state index contributed by atoms with van der Waals surface area (Å²) in [6.07, 6.45) is 2.39. The van der Waals surface area contributed by atoms with Gasteiger partial charge in [-0.05, 0) is 37.5 Å². The number of ether oxygens (including phenoxy) is 1. The van der Waals surface area contributed by atoms with Gasteiger partial charge in [-0.2, -0.15) is 0 Å². The van der Waals surface area contributed by atoms with Crippen molar-refractivity contribution in [1.29, 1.82) is 0 Å². The average Bonchev–Trinajstić information content (AvgIpc) is 2.86. The third-order valence-corrected chi connectivity index (χ3v) is 4.50. The van der Waals surface area contributed by atoms with E-state index in [9.17, 15) is 4.79 Å². The zero-order valence-corrected chi connectivity index (χ0v) is 11.3. The van der Waals surface area contributed by atoms with Crippen LogP contribution in [-0.4, -0.2) is 30.9 Å². The first-order valence-corrected chi connectivity index (χ1v) is 7.38. The number of amides is 1. The van der Waals surface area contributed by atoms with Gasteiger partial charge in [-0.1, -0.05) is 6.07 Å². The highest BCUT2D eigenvalue weighted by Gasteiger charge is 2.28. The Labute approximate surface area is 111 Å². The molecule has 96 valence electrons. The van der Waals surface area contributed by atoms with Crippen LogP contribution in [0, 0.1) is 6.92 Å². The van der Waals surface area contributed by atoms with Crippen molar-refractivity contribution in [2.45, 2.75) is 30.8 Å². The van der Waals surface area contributed by atoms with Crippen molar-refractivity contribution in [2.24, 2.45) is 0 Å². The highest BCUT2D eigenvalue weighted by molar-refractivity contribution is 8.00. The number of carbonyl (C=O) groups is 1. The van der Waals surface area contributed by atoms with Gasteiger partial charge in [-0.15, -0.1) is 11.8 Å². The molecule has 2 aliphatic heterocycles. The Hall–Kier alpha value is -1.00. The van der Waals surface area contributed by atoms with E-state index in [0.29, 0.717) is 12.3 Å². The van der Waals surface area contributed by atoms with Gasteiger partial charge in [0.05, 0.1) is 24.1 Å². The molecular formula is C14H17NO2S. The molecule has 0 N–H and O–H groups in total. The highest BCUT2D eigenvalue weighted by Crippen LogP contribution is 2.36. The number of hydrogen-bond donors (Lipinski definition) is 0. The Morgan fingerprint density at radius 1 is 1.50 bits per heavy atom. The van der Waals surface area contributed by atoms with Crippen molar-refractivity contribution in [1.82, 2.24) is 0 Å². The molecule has 1 saturated heterocycles. The molecule has 1 atom stereocenters. The normalized spacial score (nSPS) is 23.3. The molecule has 3 nitrogen and oxygen atoms in total. The zero-order chi connectivity index (χ0) is 12.5. The molecule has 18 heavy (non-hydrogen) atoms. The summed E-state index contributed by atoms with van der Waals surface area (Å²) >= 11 is 1.64. The summed E-state index contributed by atoms with van der Waals surface area (Å²) in [5.41, 5.74) is 2.30. The molecule has 4 heteroatoms. The Morgan fingerprint density at radius 3 is 3.17 bits per heavy atom. The second-order valence-electron chi connectivity index (χ2n) is 4.90. The lowest BCUT2D eigenvalue weighted by Crippen LogP contribution is -2.40. The third kappa shape index (κ3) is 2.27. The first-order chi connectivity index (χ1) is 8.74. The lowest BCUT2D eigenvalue weighted by atomic mass is 10.1. The van der Waals surface area contributed by atoms with E-state index in [4.69, 9.17) is 4.74 Å². The van der Waals surface area contributed by atoms with E-state index >= 15 is 0 Å². The van der Waals surface area contributed by atoms with E-state index in [1.54, 1.807) is 11.8 Å². The SMILES string of the molecule is Cc1ccc2c(c1)SCC(=O)N2CC1CCCO1. The summed E-state index contributed by atoms with van der Waals surface area (Å²) in [5, 5.41) is 0. The van der Waals surface area contributed by atoms with Gasteiger partial charge in [0.15, 0.2) is 0 Å². The summed E-state index contributed by atoms with van der Waals surface area (Å²) in [7, 11) is 0. The van der Waals surface area contributed by atoms with Crippen molar-refractivity contribution >= 4 is 23.4 Å². The van der Waals surface area contributed by atoms with E-state index in [-0.39, 0.29) is 12.0 Å². The number of thioether (sulfide) groups is 1. The van der Waals surface area contributed by atoms with Crippen LogP contribution in [0.5, 0.6) is 0 Å². The number of carbonyl (C=O) groups excluding carboxylic acids is 1. The van der Waals surface area contributed by atoms with Gasteiger partial charge in [0, 0.05) is 11.5 Å². The van der Waals surface area contributed by atoms with Crippen LogP contribution in [0.25, 0.3) is 0 Å². The quantitative estimate of drug-likeness (QED) is 0.821.